The van der Waals surface area contributed by atoms with Crippen LogP contribution in [-0.4, -0.2) is 5.78 Å². The Morgan fingerprint density at radius 3 is 2.56 bits per heavy atom. The van der Waals surface area contributed by atoms with Gasteiger partial charge in [-0.2, -0.15) is 0 Å². The Morgan fingerprint density at radius 2 is 1.94 bits per heavy atom. The van der Waals surface area contributed by atoms with Gasteiger partial charge in [-0.15, -0.1) is 0 Å². The van der Waals surface area contributed by atoms with Crippen LogP contribution in [-0.2, 0) is 0 Å². The van der Waals surface area contributed by atoms with Crippen LogP contribution >= 0.6 is 0 Å². The van der Waals surface area contributed by atoms with E-state index in [2.05, 4.69) is 6.92 Å². The fourth-order valence-corrected chi connectivity index (χ4v) is 2.94. The Labute approximate surface area is 110 Å². The summed E-state index contributed by atoms with van der Waals surface area (Å²) in [5.41, 5.74) is 8.40. The SMILES string of the molecule is CCC1CCC(C(=O)c2cc(C)ccc2N)CC1. The van der Waals surface area contributed by atoms with Crippen molar-refractivity contribution in [2.45, 2.75) is 46.0 Å². The number of anilines is 1. The number of ketones is 1. The summed E-state index contributed by atoms with van der Waals surface area (Å²) >= 11 is 0. The number of nitrogen functional groups attached to an aromatic ring is 1. The number of rotatable bonds is 3. The van der Waals surface area contributed by atoms with Crippen molar-refractivity contribution in [3.05, 3.63) is 29.3 Å². The minimum Gasteiger partial charge on any atom is -0.398 e. The van der Waals surface area contributed by atoms with Crippen LogP contribution in [0.2, 0.25) is 0 Å². The summed E-state index contributed by atoms with van der Waals surface area (Å²) in [4.78, 5) is 12.5. The van der Waals surface area contributed by atoms with Crippen LogP contribution in [0.3, 0.4) is 0 Å². The van der Waals surface area contributed by atoms with Crippen LogP contribution in [0.4, 0.5) is 5.69 Å². The van der Waals surface area contributed by atoms with Gasteiger partial charge in [0.1, 0.15) is 0 Å². The lowest BCUT2D eigenvalue weighted by Gasteiger charge is -2.27. The molecule has 1 aromatic carbocycles. The maximum Gasteiger partial charge on any atom is 0.168 e. The van der Waals surface area contributed by atoms with Crippen LogP contribution in [0.25, 0.3) is 0 Å². The van der Waals surface area contributed by atoms with Crippen molar-refractivity contribution in [3.8, 4) is 0 Å². The van der Waals surface area contributed by atoms with E-state index >= 15 is 0 Å². The first kappa shape index (κ1) is 13.1. The molecule has 1 saturated carbocycles. The van der Waals surface area contributed by atoms with Gasteiger partial charge in [-0.3, -0.25) is 4.79 Å². The molecule has 0 saturated heterocycles. The molecule has 1 fully saturated rings. The van der Waals surface area contributed by atoms with Gasteiger partial charge < -0.3 is 5.73 Å². The van der Waals surface area contributed by atoms with E-state index in [0.29, 0.717) is 5.69 Å². The molecule has 1 aromatic rings. The standard InChI is InChI=1S/C16H23NO/c1-3-12-5-7-13(8-6-12)16(18)14-10-11(2)4-9-15(14)17/h4,9-10,12-13H,3,5-8,17H2,1-2H3. The van der Waals surface area contributed by atoms with E-state index in [0.717, 1.165) is 29.9 Å². The van der Waals surface area contributed by atoms with Crippen LogP contribution in [0.5, 0.6) is 0 Å². The molecule has 98 valence electrons. The second kappa shape index (κ2) is 5.55. The first-order chi connectivity index (χ1) is 8.61. The molecule has 2 rings (SSSR count). The highest BCUT2D eigenvalue weighted by Crippen LogP contribution is 2.33. The van der Waals surface area contributed by atoms with Gasteiger partial charge in [-0.25, -0.2) is 0 Å². The van der Waals surface area contributed by atoms with Crippen molar-refractivity contribution < 1.29 is 4.79 Å². The van der Waals surface area contributed by atoms with Crippen molar-refractivity contribution in [2.75, 3.05) is 5.73 Å². The number of hydrogen-bond donors (Lipinski definition) is 1. The summed E-state index contributed by atoms with van der Waals surface area (Å²) in [5.74, 6) is 1.27. The Morgan fingerprint density at radius 1 is 1.28 bits per heavy atom. The molecule has 0 aromatic heterocycles. The van der Waals surface area contributed by atoms with Gasteiger partial charge in [0.25, 0.3) is 0 Å². The van der Waals surface area contributed by atoms with Crippen LogP contribution in [0.1, 0.15) is 54.9 Å². The summed E-state index contributed by atoms with van der Waals surface area (Å²) in [7, 11) is 0. The number of nitrogens with two attached hydrogens (primary N) is 1. The average molecular weight is 245 g/mol. The lowest BCUT2D eigenvalue weighted by atomic mass is 9.77. The third kappa shape index (κ3) is 2.74. The molecular formula is C16H23NO. The van der Waals surface area contributed by atoms with E-state index in [9.17, 15) is 4.79 Å². The molecule has 2 nitrogen and oxygen atoms in total. The van der Waals surface area contributed by atoms with E-state index in [1.54, 1.807) is 0 Å². The molecule has 0 atom stereocenters. The lowest BCUT2D eigenvalue weighted by Crippen LogP contribution is -2.22. The Kier molecular flexibility index (Phi) is 4.05. The molecule has 2 heteroatoms. The fraction of sp³-hybridized carbons (Fsp3) is 0.562. The Balaban J connectivity index is 2.10. The highest BCUT2D eigenvalue weighted by molar-refractivity contribution is 6.02. The number of carbonyl (C=O) groups is 1. The smallest absolute Gasteiger partial charge is 0.168 e. The van der Waals surface area contributed by atoms with Crippen molar-refractivity contribution in [1.82, 2.24) is 0 Å². The van der Waals surface area contributed by atoms with Crippen LogP contribution < -0.4 is 5.73 Å². The topological polar surface area (TPSA) is 43.1 Å². The molecule has 0 radical (unpaired) electrons. The summed E-state index contributed by atoms with van der Waals surface area (Å²) in [6.07, 6.45) is 5.69. The zero-order valence-corrected chi connectivity index (χ0v) is 11.4. The maximum absolute atomic E-state index is 12.5. The third-order valence-electron chi connectivity index (χ3n) is 4.27. The molecule has 0 aliphatic heterocycles. The second-order valence-corrected chi connectivity index (χ2v) is 5.58. The van der Waals surface area contributed by atoms with E-state index in [4.69, 9.17) is 5.73 Å². The molecule has 0 heterocycles. The minimum atomic E-state index is 0.192. The molecule has 0 bridgehead atoms. The molecule has 2 N–H and O–H groups in total. The second-order valence-electron chi connectivity index (χ2n) is 5.58. The van der Waals surface area contributed by atoms with Crippen molar-refractivity contribution in [2.24, 2.45) is 11.8 Å². The van der Waals surface area contributed by atoms with Gasteiger partial charge in [-0.05, 0) is 50.7 Å². The third-order valence-corrected chi connectivity index (χ3v) is 4.27. The minimum absolute atomic E-state index is 0.192. The largest absolute Gasteiger partial charge is 0.398 e. The summed E-state index contributed by atoms with van der Waals surface area (Å²) in [6.45, 7) is 4.25. The van der Waals surface area contributed by atoms with Gasteiger partial charge >= 0.3 is 0 Å². The normalized spacial score (nSPS) is 23.9. The van der Waals surface area contributed by atoms with Gasteiger partial charge in [0.05, 0.1) is 0 Å². The average Bonchev–Trinajstić information content (AvgIpc) is 2.41. The zero-order chi connectivity index (χ0) is 13.1. The van der Waals surface area contributed by atoms with E-state index in [1.807, 2.05) is 25.1 Å². The molecule has 0 amide bonds. The Hall–Kier alpha value is -1.31. The van der Waals surface area contributed by atoms with E-state index in [1.165, 1.54) is 19.3 Å². The number of benzene rings is 1. The van der Waals surface area contributed by atoms with Gasteiger partial charge in [-0.1, -0.05) is 25.0 Å². The first-order valence-corrected chi connectivity index (χ1v) is 7.02. The molecular weight excluding hydrogens is 222 g/mol. The van der Waals surface area contributed by atoms with E-state index < -0.39 is 0 Å². The number of hydrogen-bond acceptors (Lipinski definition) is 2. The molecule has 0 unspecified atom stereocenters. The zero-order valence-electron chi connectivity index (χ0n) is 11.4. The Bertz CT molecular complexity index is 431. The van der Waals surface area contributed by atoms with Gasteiger partial charge in [0.15, 0.2) is 5.78 Å². The number of Topliss-reactive ketones (excluding diaryl/α,β-unsaturated/α-hetero) is 1. The monoisotopic (exact) mass is 245 g/mol. The van der Waals surface area contributed by atoms with Gasteiger partial charge in [0, 0.05) is 17.2 Å². The number of carbonyl (C=O) groups excluding carboxylic acids is 1. The molecule has 1 aliphatic rings. The highest BCUT2D eigenvalue weighted by atomic mass is 16.1. The van der Waals surface area contributed by atoms with Crippen molar-refractivity contribution in [3.63, 3.8) is 0 Å². The predicted octanol–water partition coefficient (Wildman–Crippen LogP) is 3.98. The molecule has 18 heavy (non-hydrogen) atoms. The summed E-state index contributed by atoms with van der Waals surface area (Å²) in [5, 5.41) is 0. The van der Waals surface area contributed by atoms with Crippen molar-refractivity contribution in [1.29, 1.82) is 0 Å². The predicted molar refractivity (Wildman–Crippen MR) is 75.7 cm³/mol. The quantitative estimate of drug-likeness (QED) is 0.646. The first-order valence-electron chi connectivity index (χ1n) is 7.02. The van der Waals surface area contributed by atoms with Crippen LogP contribution in [0, 0.1) is 18.8 Å². The fourth-order valence-electron chi connectivity index (χ4n) is 2.94. The summed E-state index contributed by atoms with van der Waals surface area (Å²) < 4.78 is 0. The molecule has 1 aliphatic carbocycles. The van der Waals surface area contributed by atoms with Crippen LogP contribution in [0.15, 0.2) is 18.2 Å². The lowest BCUT2D eigenvalue weighted by molar-refractivity contribution is 0.0872. The number of aryl methyl sites for hydroxylation is 1. The van der Waals surface area contributed by atoms with E-state index in [-0.39, 0.29) is 11.7 Å². The maximum atomic E-state index is 12.5. The van der Waals surface area contributed by atoms with Crippen molar-refractivity contribution >= 4 is 11.5 Å². The highest BCUT2D eigenvalue weighted by Gasteiger charge is 2.27. The molecule has 0 spiro atoms. The summed E-state index contributed by atoms with van der Waals surface area (Å²) in [6, 6.07) is 5.74. The van der Waals surface area contributed by atoms with Gasteiger partial charge in [0.2, 0.25) is 0 Å².